The van der Waals surface area contributed by atoms with Gasteiger partial charge in [-0.3, -0.25) is 0 Å². The molecule has 2 aromatic carbocycles. The predicted octanol–water partition coefficient (Wildman–Crippen LogP) is 7.02. The third kappa shape index (κ3) is 3.03. The fourth-order valence-corrected chi connectivity index (χ4v) is 2.43. The number of rotatable bonds is 2. The Morgan fingerprint density at radius 2 is 1.32 bits per heavy atom. The molecule has 98 valence electrons. The molecule has 0 radical (unpaired) electrons. The Morgan fingerprint density at radius 1 is 0.737 bits per heavy atom. The minimum atomic E-state index is 0.181. The van der Waals surface area contributed by atoms with Crippen LogP contribution in [0.5, 0.6) is 0 Å². The molecule has 0 amide bonds. The van der Waals surface area contributed by atoms with Crippen LogP contribution in [-0.4, -0.2) is 0 Å². The maximum absolute atomic E-state index is 6.11. The van der Waals surface area contributed by atoms with E-state index in [1.165, 1.54) is 0 Å². The number of hydrogen-bond acceptors (Lipinski definition) is 2. The average Bonchev–Trinajstić information content (AvgIpc) is 2.44. The maximum atomic E-state index is 6.11. The molecule has 0 aliphatic heterocycles. The molecule has 19 heavy (non-hydrogen) atoms. The fraction of sp³-hybridized carbons (Fsp3) is 0.0769. The first kappa shape index (κ1) is 14.6. The number of hydrogen-bond donors (Lipinski definition) is 0. The summed E-state index contributed by atoms with van der Waals surface area (Å²) < 4.78 is 0. The van der Waals surface area contributed by atoms with E-state index in [0.717, 1.165) is 0 Å². The summed E-state index contributed by atoms with van der Waals surface area (Å²) in [4.78, 5) is 0. The minimum Gasteiger partial charge on any atom is -0.151 e. The smallest absolute Gasteiger partial charge is 0.110 e. The van der Waals surface area contributed by atoms with Gasteiger partial charge in [0.25, 0.3) is 0 Å². The molecule has 6 heteroatoms. The van der Waals surface area contributed by atoms with Crippen LogP contribution in [0.3, 0.4) is 0 Å². The topological polar surface area (TPSA) is 24.7 Å². The summed E-state index contributed by atoms with van der Waals surface area (Å²) in [6.07, 6.45) is 0. The van der Waals surface area contributed by atoms with E-state index >= 15 is 0 Å². The van der Waals surface area contributed by atoms with E-state index in [0.29, 0.717) is 22.0 Å². The Labute approximate surface area is 131 Å². The molecule has 0 aromatic heterocycles. The lowest BCUT2D eigenvalue weighted by Gasteiger charge is -2.09. The highest BCUT2D eigenvalue weighted by Gasteiger charge is 2.17. The molecule has 0 saturated heterocycles. The summed E-state index contributed by atoms with van der Waals surface area (Å²) in [6, 6.07) is 9.28. The monoisotopic (exact) mass is 332 g/mol. The molecule has 0 bridgehead atoms. The summed E-state index contributed by atoms with van der Waals surface area (Å²) in [5.74, 6) is 0. The summed E-state index contributed by atoms with van der Waals surface area (Å²) >= 11 is 24.1. The van der Waals surface area contributed by atoms with E-state index in [1.807, 2.05) is 30.3 Å². The van der Waals surface area contributed by atoms with Crippen molar-refractivity contribution in [3.05, 3.63) is 56.0 Å². The second kappa shape index (κ2) is 6.10. The average molecular weight is 334 g/mol. The standard InChI is InChI=1S/C13H8Cl4N2/c1-7-9(14)10(15)11(16)12(17)13(7)19-18-8-5-3-2-4-6-8/h2-6H,1H3. The van der Waals surface area contributed by atoms with Crippen LogP contribution in [0.25, 0.3) is 0 Å². The lowest BCUT2D eigenvalue weighted by atomic mass is 10.2. The van der Waals surface area contributed by atoms with Gasteiger partial charge >= 0.3 is 0 Å². The highest BCUT2D eigenvalue weighted by Crippen LogP contribution is 2.45. The first-order valence-electron chi connectivity index (χ1n) is 5.31. The molecule has 0 heterocycles. The zero-order valence-corrected chi connectivity index (χ0v) is 12.8. The summed E-state index contributed by atoms with van der Waals surface area (Å²) in [6.45, 7) is 1.76. The Morgan fingerprint density at radius 3 is 1.95 bits per heavy atom. The van der Waals surface area contributed by atoms with Crippen molar-refractivity contribution in [1.82, 2.24) is 0 Å². The SMILES string of the molecule is Cc1c(Cl)c(Cl)c(Cl)c(Cl)c1N=Nc1ccccc1. The van der Waals surface area contributed by atoms with Crippen LogP contribution in [0.15, 0.2) is 40.6 Å². The first-order valence-corrected chi connectivity index (χ1v) is 6.83. The number of halogens is 4. The van der Waals surface area contributed by atoms with Crippen molar-refractivity contribution in [2.75, 3.05) is 0 Å². The molecule has 0 unspecified atom stereocenters. The van der Waals surface area contributed by atoms with Gasteiger partial charge in [0, 0.05) is 0 Å². The van der Waals surface area contributed by atoms with Crippen LogP contribution in [0.2, 0.25) is 20.1 Å². The van der Waals surface area contributed by atoms with Crippen molar-refractivity contribution < 1.29 is 0 Å². The van der Waals surface area contributed by atoms with Gasteiger partial charge < -0.3 is 0 Å². The van der Waals surface area contributed by atoms with Crippen LogP contribution in [-0.2, 0) is 0 Å². The maximum Gasteiger partial charge on any atom is 0.110 e. The molecule has 0 aliphatic rings. The van der Waals surface area contributed by atoms with Crippen molar-refractivity contribution in [2.45, 2.75) is 6.92 Å². The molecule has 0 fully saturated rings. The van der Waals surface area contributed by atoms with E-state index in [9.17, 15) is 0 Å². The lowest BCUT2D eigenvalue weighted by Crippen LogP contribution is -1.83. The normalized spacial score (nSPS) is 11.2. The second-order valence-corrected chi connectivity index (χ2v) is 5.28. The van der Waals surface area contributed by atoms with Gasteiger partial charge in [-0.15, -0.1) is 5.11 Å². The van der Waals surface area contributed by atoms with Gasteiger partial charge in [0.05, 0.1) is 25.8 Å². The van der Waals surface area contributed by atoms with Gasteiger partial charge in [-0.25, -0.2) is 0 Å². The predicted molar refractivity (Wildman–Crippen MR) is 81.8 cm³/mol. The zero-order chi connectivity index (χ0) is 14.0. The van der Waals surface area contributed by atoms with Gasteiger partial charge in [0.15, 0.2) is 0 Å². The van der Waals surface area contributed by atoms with E-state index in [-0.39, 0.29) is 15.1 Å². The van der Waals surface area contributed by atoms with Crippen LogP contribution < -0.4 is 0 Å². The quantitative estimate of drug-likeness (QED) is 0.320. The van der Waals surface area contributed by atoms with Crippen LogP contribution in [0.4, 0.5) is 11.4 Å². The lowest BCUT2D eigenvalue weighted by molar-refractivity contribution is 1.21. The van der Waals surface area contributed by atoms with E-state index in [4.69, 9.17) is 46.4 Å². The van der Waals surface area contributed by atoms with E-state index in [1.54, 1.807) is 6.92 Å². The Balaban J connectivity index is 2.50. The van der Waals surface area contributed by atoms with E-state index in [2.05, 4.69) is 10.2 Å². The first-order chi connectivity index (χ1) is 9.02. The third-order valence-corrected chi connectivity index (χ3v) is 4.38. The Bertz CT molecular complexity index is 610. The highest BCUT2D eigenvalue weighted by molar-refractivity contribution is 6.53. The molecule has 0 atom stereocenters. The molecular weight excluding hydrogens is 326 g/mol. The van der Waals surface area contributed by atoms with Gasteiger partial charge in [-0.1, -0.05) is 64.6 Å². The molecular formula is C13H8Cl4N2. The van der Waals surface area contributed by atoms with Gasteiger partial charge in [0.1, 0.15) is 5.69 Å². The molecule has 0 spiro atoms. The van der Waals surface area contributed by atoms with Crippen molar-refractivity contribution in [2.24, 2.45) is 10.2 Å². The Kier molecular flexibility index (Phi) is 4.69. The fourth-order valence-electron chi connectivity index (χ4n) is 1.45. The molecule has 2 aromatic rings. The summed E-state index contributed by atoms with van der Waals surface area (Å²) in [5, 5.41) is 9.18. The van der Waals surface area contributed by atoms with Crippen molar-refractivity contribution in [3.63, 3.8) is 0 Å². The number of benzene rings is 2. The molecule has 2 nitrogen and oxygen atoms in total. The number of azo groups is 1. The molecule has 0 aliphatic carbocycles. The zero-order valence-electron chi connectivity index (χ0n) is 9.79. The highest BCUT2D eigenvalue weighted by atomic mass is 35.5. The van der Waals surface area contributed by atoms with E-state index < -0.39 is 0 Å². The van der Waals surface area contributed by atoms with Crippen molar-refractivity contribution in [1.29, 1.82) is 0 Å². The van der Waals surface area contributed by atoms with Crippen LogP contribution >= 0.6 is 46.4 Å². The molecule has 2 rings (SSSR count). The molecule has 0 saturated carbocycles. The largest absolute Gasteiger partial charge is 0.151 e. The Hall–Kier alpha value is -0.800. The van der Waals surface area contributed by atoms with Crippen LogP contribution in [0.1, 0.15) is 5.56 Å². The van der Waals surface area contributed by atoms with Crippen LogP contribution in [0, 0.1) is 6.92 Å². The van der Waals surface area contributed by atoms with Crippen molar-refractivity contribution in [3.8, 4) is 0 Å². The third-order valence-electron chi connectivity index (χ3n) is 2.49. The summed E-state index contributed by atoms with van der Waals surface area (Å²) in [5.41, 5.74) is 1.77. The van der Waals surface area contributed by atoms with Gasteiger partial charge in [-0.2, -0.15) is 5.11 Å². The van der Waals surface area contributed by atoms with Crippen molar-refractivity contribution >= 4 is 57.8 Å². The second-order valence-electron chi connectivity index (χ2n) is 3.77. The van der Waals surface area contributed by atoms with Gasteiger partial charge in [0.2, 0.25) is 0 Å². The minimum absolute atomic E-state index is 0.181. The van der Waals surface area contributed by atoms with Gasteiger partial charge in [-0.05, 0) is 24.6 Å². The summed E-state index contributed by atoms with van der Waals surface area (Å²) in [7, 11) is 0. The molecule has 0 N–H and O–H groups in total. The number of nitrogens with zero attached hydrogens (tertiary/aromatic N) is 2.